The Labute approximate surface area is 123 Å². The maximum atomic E-state index is 11.8. The van der Waals surface area contributed by atoms with Gasteiger partial charge in [0.2, 0.25) is 5.91 Å². The zero-order valence-corrected chi connectivity index (χ0v) is 11.8. The number of carbonyl (C=O) groups is 1. The highest BCUT2D eigenvalue weighted by Gasteiger charge is 1.99. The van der Waals surface area contributed by atoms with E-state index in [2.05, 4.69) is 5.32 Å². The molecule has 0 aromatic heterocycles. The molecule has 0 fully saturated rings. The van der Waals surface area contributed by atoms with Gasteiger partial charge in [0.15, 0.2) is 0 Å². The fourth-order valence-electron chi connectivity index (χ4n) is 1.66. The number of nitrogens with one attached hydrogen (secondary N) is 1. The minimum absolute atomic E-state index is 0.192. The average Bonchev–Trinajstić information content (AvgIpc) is 2.43. The van der Waals surface area contributed by atoms with Crippen molar-refractivity contribution < 1.29 is 4.79 Å². The molecule has 2 rings (SSSR count). The summed E-state index contributed by atoms with van der Waals surface area (Å²) in [5, 5.41) is 3.29. The molecule has 4 heteroatoms. The highest BCUT2D eigenvalue weighted by atomic mass is 35.5. The number of benzene rings is 2. The Balaban J connectivity index is 2.01. The second-order valence-electron chi connectivity index (χ2n) is 4.47. The fraction of sp³-hybridized carbons (Fsp3) is 0.0625. The number of aryl methyl sites for hydroxylation is 1. The molecule has 0 aliphatic rings. The van der Waals surface area contributed by atoms with Gasteiger partial charge in [-0.1, -0.05) is 35.4 Å². The van der Waals surface area contributed by atoms with Gasteiger partial charge < -0.3 is 11.1 Å². The number of hydrogen-bond donors (Lipinski definition) is 2. The van der Waals surface area contributed by atoms with E-state index < -0.39 is 0 Å². The molecule has 0 saturated carbocycles. The number of anilines is 2. The Bertz CT molecular complexity index is 648. The monoisotopic (exact) mass is 286 g/mol. The normalized spacial score (nSPS) is 10.7. The van der Waals surface area contributed by atoms with Gasteiger partial charge in [-0.3, -0.25) is 4.79 Å². The molecule has 102 valence electrons. The molecule has 0 saturated heterocycles. The molecule has 0 aliphatic carbocycles. The molecule has 0 atom stereocenters. The van der Waals surface area contributed by atoms with Gasteiger partial charge in [0, 0.05) is 11.8 Å². The van der Waals surface area contributed by atoms with E-state index in [0.717, 1.165) is 16.8 Å². The van der Waals surface area contributed by atoms with Crippen LogP contribution in [0.4, 0.5) is 11.4 Å². The van der Waals surface area contributed by atoms with Crippen molar-refractivity contribution in [1.29, 1.82) is 0 Å². The zero-order valence-electron chi connectivity index (χ0n) is 11.1. The van der Waals surface area contributed by atoms with Crippen molar-refractivity contribution in [1.82, 2.24) is 0 Å². The molecule has 2 aromatic carbocycles. The molecule has 0 unspecified atom stereocenters. The van der Waals surface area contributed by atoms with Crippen LogP contribution in [0.3, 0.4) is 0 Å². The highest BCUT2D eigenvalue weighted by Crippen LogP contribution is 2.20. The van der Waals surface area contributed by atoms with Gasteiger partial charge in [-0.05, 0) is 42.8 Å². The number of nitrogen functional groups attached to an aromatic ring is 1. The number of carbonyl (C=O) groups excluding carboxylic acids is 1. The largest absolute Gasteiger partial charge is 0.398 e. The van der Waals surface area contributed by atoms with Gasteiger partial charge in [-0.2, -0.15) is 0 Å². The van der Waals surface area contributed by atoms with Crippen LogP contribution in [0.1, 0.15) is 11.1 Å². The van der Waals surface area contributed by atoms with Crippen LogP contribution >= 0.6 is 11.6 Å². The van der Waals surface area contributed by atoms with Gasteiger partial charge in [0.1, 0.15) is 0 Å². The lowest BCUT2D eigenvalue weighted by molar-refractivity contribution is -0.111. The average molecular weight is 287 g/mol. The Kier molecular flexibility index (Phi) is 4.43. The van der Waals surface area contributed by atoms with E-state index in [1.54, 1.807) is 24.3 Å². The fourth-order valence-corrected chi connectivity index (χ4v) is 1.78. The number of halogens is 1. The third-order valence-corrected chi connectivity index (χ3v) is 3.11. The minimum atomic E-state index is -0.192. The van der Waals surface area contributed by atoms with Gasteiger partial charge >= 0.3 is 0 Å². The van der Waals surface area contributed by atoms with Crippen LogP contribution < -0.4 is 11.1 Å². The van der Waals surface area contributed by atoms with E-state index >= 15 is 0 Å². The highest BCUT2D eigenvalue weighted by molar-refractivity contribution is 6.33. The standard InChI is InChI=1S/C16H15ClN2O/c1-11-2-6-13(7-3-11)19-16(20)9-5-12-4-8-14(17)15(18)10-12/h2-10H,18H2,1H3,(H,19,20)/b9-5+. The second kappa shape index (κ2) is 6.26. The molecular formula is C16H15ClN2O. The van der Waals surface area contributed by atoms with Crippen LogP contribution in [0.25, 0.3) is 6.08 Å². The van der Waals surface area contributed by atoms with E-state index in [1.807, 2.05) is 31.2 Å². The number of rotatable bonds is 3. The van der Waals surface area contributed by atoms with Crippen molar-refractivity contribution in [3.63, 3.8) is 0 Å². The Morgan fingerprint density at radius 3 is 2.55 bits per heavy atom. The van der Waals surface area contributed by atoms with Crippen molar-refractivity contribution in [3.8, 4) is 0 Å². The van der Waals surface area contributed by atoms with Crippen LogP contribution in [0, 0.1) is 6.92 Å². The summed E-state index contributed by atoms with van der Waals surface area (Å²) in [6.07, 6.45) is 3.15. The molecule has 0 aliphatic heterocycles. The van der Waals surface area contributed by atoms with Crippen LogP contribution in [0.15, 0.2) is 48.5 Å². The van der Waals surface area contributed by atoms with Crippen molar-refractivity contribution in [2.45, 2.75) is 6.92 Å². The summed E-state index contributed by atoms with van der Waals surface area (Å²) < 4.78 is 0. The van der Waals surface area contributed by atoms with E-state index in [-0.39, 0.29) is 5.91 Å². The maximum absolute atomic E-state index is 11.8. The first-order valence-corrected chi connectivity index (χ1v) is 6.53. The summed E-state index contributed by atoms with van der Waals surface area (Å²) in [6, 6.07) is 12.8. The smallest absolute Gasteiger partial charge is 0.248 e. The molecule has 3 N–H and O–H groups in total. The van der Waals surface area contributed by atoms with E-state index in [4.69, 9.17) is 17.3 Å². The molecule has 0 radical (unpaired) electrons. The summed E-state index contributed by atoms with van der Waals surface area (Å²) >= 11 is 5.84. The molecule has 0 spiro atoms. The number of amides is 1. The zero-order chi connectivity index (χ0) is 14.5. The van der Waals surface area contributed by atoms with Gasteiger partial charge in [0.25, 0.3) is 0 Å². The first kappa shape index (κ1) is 14.2. The molecule has 2 aromatic rings. The maximum Gasteiger partial charge on any atom is 0.248 e. The third kappa shape index (κ3) is 3.87. The van der Waals surface area contributed by atoms with Crippen LogP contribution in [-0.2, 0) is 4.79 Å². The molecule has 0 bridgehead atoms. The third-order valence-electron chi connectivity index (χ3n) is 2.77. The lowest BCUT2D eigenvalue weighted by Crippen LogP contribution is -2.07. The summed E-state index contributed by atoms with van der Waals surface area (Å²) in [7, 11) is 0. The van der Waals surface area contributed by atoms with Crippen molar-refractivity contribution in [2.24, 2.45) is 0 Å². The molecule has 3 nitrogen and oxygen atoms in total. The Morgan fingerprint density at radius 2 is 1.90 bits per heavy atom. The van der Waals surface area contributed by atoms with Crippen LogP contribution in [0.2, 0.25) is 5.02 Å². The molecular weight excluding hydrogens is 272 g/mol. The van der Waals surface area contributed by atoms with E-state index in [9.17, 15) is 4.79 Å². The van der Waals surface area contributed by atoms with Crippen LogP contribution in [0.5, 0.6) is 0 Å². The SMILES string of the molecule is Cc1ccc(NC(=O)/C=C/c2ccc(Cl)c(N)c2)cc1. The predicted octanol–water partition coefficient (Wildman–Crippen LogP) is 3.88. The Hall–Kier alpha value is -2.26. The molecule has 1 amide bonds. The van der Waals surface area contributed by atoms with Gasteiger partial charge in [-0.25, -0.2) is 0 Å². The lowest BCUT2D eigenvalue weighted by Gasteiger charge is -2.02. The number of nitrogens with two attached hydrogens (primary N) is 1. The Morgan fingerprint density at radius 1 is 1.20 bits per heavy atom. The summed E-state index contributed by atoms with van der Waals surface area (Å²) in [5.74, 6) is -0.192. The van der Waals surface area contributed by atoms with E-state index in [0.29, 0.717) is 10.7 Å². The van der Waals surface area contributed by atoms with Crippen molar-refractivity contribution in [2.75, 3.05) is 11.1 Å². The topological polar surface area (TPSA) is 55.1 Å². The van der Waals surface area contributed by atoms with Crippen LogP contribution in [-0.4, -0.2) is 5.91 Å². The van der Waals surface area contributed by atoms with Crippen molar-refractivity contribution >= 4 is 35.0 Å². The van der Waals surface area contributed by atoms with Crippen molar-refractivity contribution in [3.05, 3.63) is 64.7 Å². The summed E-state index contributed by atoms with van der Waals surface area (Å²) in [5.41, 5.74) is 8.93. The number of hydrogen-bond acceptors (Lipinski definition) is 2. The molecule has 20 heavy (non-hydrogen) atoms. The lowest BCUT2D eigenvalue weighted by atomic mass is 10.2. The van der Waals surface area contributed by atoms with Gasteiger partial charge in [0.05, 0.1) is 10.7 Å². The summed E-state index contributed by atoms with van der Waals surface area (Å²) in [6.45, 7) is 2.00. The first-order chi connectivity index (χ1) is 9.54. The van der Waals surface area contributed by atoms with Gasteiger partial charge in [-0.15, -0.1) is 0 Å². The quantitative estimate of drug-likeness (QED) is 0.664. The summed E-state index contributed by atoms with van der Waals surface area (Å²) in [4.78, 5) is 11.8. The first-order valence-electron chi connectivity index (χ1n) is 6.15. The minimum Gasteiger partial charge on any atom is -0.398 e. The van der Waals surface area contributed by atoms with E-state index in [1.165, 1.54) is 6.08 Å². The predicted molar refractivity (Wildman–Crippen MR) is 84.7 cm³/mol. The molecule has 0 heterocycles. The second-order valence-corrected chi connectivity index (χ2v) is 4.88.